The third kappa shape index (κ3) is 70.5. The van der Waals surface area contributed by atoms with Crippen molar-refractivity contribution in [3.8, 4) is 0 Å². The molecule has 0 aromatic carbocycles. The molecule has 0 aromatic rings. The van der Waals surface area contributed by atoms with Crippen molar-refractivity contribution in [3.05, 3.63) is 0 Å². The first-order valence-electron chi connectivity index (χ1n) is 39.8. The Labute approximate surface area is 588 Å². The number of rotatable bonds is 75. The van der Waals surface area contributed by atoms with Gasteiger partial charge in [-0.2, -0.15) is 0 Å². The van der Waals surface area contributed by atoms with Gasteiger partial charge in [-0.1, -0.05) is 344 Å². The average molecular weight is 1410 g/mol. The highest BCUT2D eigenvalue weighted by atomic mass is 31.2. The molecule has 0 aliphatic heterocycles. The molecule has 0 saturated heterocycles. The molecular weight excluding hydrogens is 1260 g/mol. The molecule has 0 radical (unpaired) electrons. The number of aliphatic hydroxyl groups is 1. The van der Waals surface area contributed by atoms with Crippen LogP contribution in [-0.4, -0.2) is 96.7 Å². The van der Waals surface area contributed by atoms with E-state index in [1.54, 1.807) is 0 Å². The summed E-state index contributed by atoms with van der Waals surface area (Å²) >= 11 is 0. The maximum Gasteiger partial charge on any atom is 0.472 e. The lowest BCUT2D eigenvalue weighted by molar-refractivity contribution is -0.161. The third-order valence-corrected chi connectivity index (χ3v) is 19.8. The number of ether oxygens (including phenoxy) is 4. The van der Waals surface area contributed by atoms with E-state index in [0.29, 0.717) is 25.7 Å². The van der Waals surface area contributed by atoms with Gasteiger partial charge in [0.15, 0.2) is 12.2 Å². The number of carbonyl (C=O) groups excluding carboxylic acids is 4. The molecule has 0 aliphatic carbocycles. The van der Waals surface area contributed by atoms with Crippen LogP contribution in [0.1, 0.15) is 395 Å². The third-order valence-electron chi connectivity index (χ3n) is 17.9. The fourth-order valence-electron chi connectivity index (χ4n) is 11.8. The quantitative estimate of drug-likeness (QED) is 0.0222. The molecule has 0 bridgehead atoms. The Morgan fingerprint density at radius 2 is 0.479 bits per heavy atom. The van der Waals surface area contributed by atoms with Crippen LogP contribution in [0.2, 0.25) is 0 Å². The lowest BCUT2D eigenvalue weighted by atomic mass is 10.0. The number of hydrogen-bond donors (Lipinski definition) is 3. The zero-order valence-electron chi connectivity index (χ0n) is 62.8. The number of hydrogen-bond acceptors (Lipinski definition) is 15. The van der Waals surface area contributed by atoms with Crippen molar-refractivity contribution in [1.29, 1.82) is 0 Å². The van der Waals surface area contributed by atoms with Crippen molar-refractivity contribution >= 4 is 39.5 Å². The van der Waals surface area contributed by atoms with Gasteiger partial charge in [0.25, 0.3) is 0 Å². The highest BCUT2D eigenvalue weighted by Crippen LogP contribution is 2.45. The molecule has 0 aliphatic rings. The van der Waals surface area contributed by atoms with Gasteiger partial charge in [-0.05, 0) is 43.4 Å². The van der Waals surface area contributed by atoms with Crippen LogP contribution in [0.15, 0.2) is 0 Å². The highest BCUT2D eigenvalue weighted by molar-refractivity contribution is 7.47. The standard InChI is InChI=1S/C77H150O17P2/c1-8-9-10-11-12-27-37-44-51-58-74(79)87-64-72(94-77(82)61-54-47-40-33-26-25-30-36-43-50-57-70(6)7)66-91-95(83,84)89-62-71(78)63-90-96(85,86)92-67-73(65-88-75(80)59-52-45-38-31-23-20-16-18-22-29-35-42-49-56-69(4)5)93-76(81)60-53-46-39-32-24-19-15-13-14-17-21-28-34-41-48-55-68(2)3/h68-73,78H,8-67H2,1-7H3,(H,83,84)(H,85,86)/t71-,72+,73+/m0/s1. The lowest BCUT2D eigenvalue weighted by Crippen LogP contribution is -2.30. The zero-order chi connectivity index (χ0) is 70.9. The Kier molecular flexibility index (Phi) is 66.2. The number of phosphoric acid groups is 2. The molecule has 0 amide bonds. The largest absolute Gasteiger partial charge is 0.472 e. The molecule has 2 unspecified atom stereocenters. The SMILES string of the molecule is CCCCCCCCCCCC(=O)OC[C@H](COP(=O)(O)OC[C@H](O)COP(=O)(O)OC[C@@H](COC(=O)CCCCCCCCCCCCCCCC(C)C)OC(=O)CCCCCCCCCCCCCCCCCC(C)C)OC(=O)CCCCCCCCCCCCC(C)C. The molecule has 96 heavy (non-hydrogen) atoms. The van der Waals surface area contributed by atoms with Gasteiger partial charge in [-0.3, -0.25) is 37.3 Å². The van der Waals surface area contributed by atoms with Crippen LogP contribution < -0.4 is 0 Å². The van der Waals surface area contributed by atoms with Crippen LogP contribution in [-0.2, 0) is 65.4 Å². The van der Waals surface area contributed by atoms with Gasteiger partial charge in [0.05, 0.1) is 26.4 Å². The summed E-state index contributed by atoms with van der Waals surface area (Å²) < 4.78 is 68.5. The lowest BCUT2D eigenvalue weighted by Gasteiger charge is -2.21. The van der Waals surface area contributed by atoms with Gasteiger partial charge < -0.3 is 33.8 Å². The maximum absolute atomic E-state index is 13.1. The van der Waals surface area contributed by atoms with E-state index in [1.165, 1.54) is 205 Å². The van der Waals surface area contributed by atoms with E-state index < -0.39 is 97.5 Å². The van der Waals surface area contributed by atoms with Crippen LogP contribution in [0.5, 0.6) is 0 Å². The predicted octanol–water partition coefficient (Wildman–Crippen LogP) is 22.6. The van der Waals surface area contributed by atoms with Crippen LogP contribution >= 0.6 is 15.6 Å². The van der Waals surface area contributed by atoms with Crippen molar-refractivity contribution in [2.75, 3.05) is 39.6 Å². The topological polar surface area (TPSA) is 237 Å². The van der Waals surface area contributed by atoms with E-state index in [0.717, 1.165) is 108 Å². The summed E-state index contributed by atoms with van der Waals surface area (Å²) in [5, 5.41) is 10.6. The van der Waals surface area contributed by atoms with Gasteiger partial charge >= 0.3 is 39.5 Å². The van der Waals surface area contributed by atoms with E-state index in [9.17, 15) is 43.2 Å². The van der Waals surface area contributed by atoms with Gasteiger partial charge in [-0.15, -0.1) is 0 Å². The second kappa shape index (κ2) is 67.5. The Balaban J connectivity index is 5.23. The fraction of sp³-hybridized carbons (Fsp3) is 0.948. The first-order valence-corrected chi connectivity index (χ1v) is 42.8. The summed E-state index contributed by atoms with van der Waals surface area (Å²) in [7, 11) is -9.91. The zero-order valence-corrected chi connectivity index (χ0v) is 64.6. The van der Waals surface area contributed by atoms with E-state index in [1.807, 2.05) is 0 Å². The Morgan fingerprint density at radius 3 is 0.708 bits per heavy atom. The molecule has 5 atom stereocenters. The molecule has 0 fully saturated rings. The second-order valence-corrected chi connectivity index (χ2v) is 32.1. The molecule has 0 saturated carbocycles. The summed E-state index contributed by atoms with van der Waals surface area (Å²) in [6, 6.07) is 0. The Hall–Kier alpha value is -1.94. The maximum atomic E-state index is 13.1. The molecular formula is C77H150O17P2. The van der Waals surface area contributed by atoms with Gasteiger partial charge in [0, 0.05) is 25.7 Å². The number of unbranched alkanes of at least 4 members (excludes halogenated alkanes) is 43. The number of carbonyl (C=O) groups is 4. The van der Waals surface area contributed by atoms with E-state index in [4.69, 9.17) is 37.0 Å². The normalized spacial score (nSPS) is 14.1. The highest BCUT2D eigenvalue weighted by Gasteiger charge is 2.30. The molecule has 3 N–H and O–H groups in total. The Morgan fingerprint density at radius 1 is 0.281 bits per heavy atom. The average Bonchev–Trinajstić information content (AvgIpc) is 1.16. The first-order chi connectivity index (χ1) is 46.2. The molecule has 0 rings (SSSR count). The van der Waals surface area contributed by atoms with Crippen LogP contribution in [0.4, 0.5) is 0 Å². The fourth-order valence-corrected chi connectivity index (χ4v) is 13.4. The van der Waals surface area contributed by atoms with E-state index in [-0.39, 0.29) is 25.7 Å². The molecule has 0 aromatic heterocycles. The number of esters is 4. The molecule has 17 nitrogen and oxygen atoms in total. The number of phosphoric ester groups is 2. The van der Waals surface area contributed by atoms with Crippen LogP contribution in [0.3, 0.4) is 0 Å². The summed E-state index contributed by atoms with van der Waals surface area (Å²) in [6.07, 6.45) is 54.1. The Bertz CT molecular complexity index is 1870. The smallest absolute Gasteiger partial charge is 0.462 e. The van der Waals surface area contributed by atoms with Crippen molar-refractivity contribution in [2.45, 2.75) is 414 Å². The first kappa shape index (κ1) is 94.1. The van der Waals surface area contributed by atoms with E-state index in [2.05, 4.69) is 48.5 Å². The second-order valence-electron chi connectivity index (χ2n) is 29.2. The minimum absolute atomic E-state index is 0.106. The summed E-state index contributed by atoms with van der Waals surface area (Å²) in [5.41, 5.74) is 0. The minimum Gasteiger partial charge on any atom is -0.462 e. The van der Waals surface area contributed by atoms with Gasteiger partial charge in [0.1, 0.15) is 19.3 Å². The van der Waals surface area contributed by atoms with Crippen LogP contribution in [0.25, 0.3) is 0 Å². The molecule has 19 heteroatoms. The van der Waals surface area contributed by atoms with Gasteiger partial charge in [0.2, 0.25) is 0 Å². The van der Waals surface area contributed by atoms with Crippen molar-refractivity contribution in [1.82, 2.24) is 0 Å². The minimum atomic E-state index is -4.96. The van der Waals surface area contributed by atoms with Crippen molar-refractivity contribution < 1.29 is 80.2 Å². The summed E-state index contributed by atoms with van der Waals surface area (Å²) in [6.45, 7) is 11.9. The van der Waals surface area contributed by atoms with E-state index >= 15 is 0 Å². The number of aliphatic hydroxyl groups excluding tert-OH is 1. The van der Waals surface area contributed by atoms with Gasteiger partial charge in [-0.25, -0.2) is 9.13 Å². The summed E-state index contributed by atoms with van der Waals surface area (Å²) in [4.78, 5) is 72.8. The monoisotopic (exact) mass is 1410 g/mol. The summed E-state index contributed by atoms with van der Waals surface area (Å²) in [5.74, 6) is 0.229. The molecule has 0 spiro atoms. The van der Waals surface area contributed by atoms with Crippen molar-refractivity contribution in [2.24, 2.45) is 17.8 Å². The molecule has 0 heterocycles. The predicted molar refractivity (Wildman–Crippen MR) is 391 cm³/mol. The van der Waals surface area contributed by atoms with Crippen LogP contribution in [0, 0.1) is 17.8 Å². The van der Waals surface area contributed by atoms with Crippen molar-refractivity contribution in [3.63, 3.8) is 0 Å². The molecule has 570 valence electrons.